The molecule has 1 fully saturated rings. The van der Waals surface area contributed by atoms with Crippen molar-refractivity contribution < 1.29 is 9.84 Å². The second-order valence-electron chi connectivity index (χ2n) is 3.50. The van der Waals surface area contributed by atoms with Gasteiger partial charge in [0, 0.05) is 13.1 Å². The van der Waals surface area contributed by atoms with Crippen molar-refractivity contribution in [1.82, 2.24) is 10.2 Å². The van der Waals surface area contributed by atoms with Crippen LogP contribution in [-0.2, 0) is 4.74 Å². The van der Waals surface area contributed by atoms with E-state index in [0.717, 1.165) is 31.1 Å². The maximum Gasteiger partial charge on any atom is 0.208 e. The van der Waals surface area contributed by atoms with E-state index in [0.29, 0.717) is 12.7 Å². The van der Waals surface area contributed by atoms with E-state index in [1.165, 1.54) is 0 Å². The van der Waals surface area contributed by atoms with E-state index in [2.05, 4.69) is 15.1 Å². The molecule has 0 atom stereocenters. The molecule has 2 heterocycles. The average molecular weight is 229 g/mol. The molecule has 0 unspecified atom stereocenters. The predicted octanol–water partition coefficient (Wildman–Crippen LogP) is 0.516. The normalized spacial score (nSPS) is 18.3. The first-order valence-corrected chi connectivity index (χ1v) is 6.01. The van der Waals surface area contributed by atoms with Crippen LogP contribution >= 0.6 is 11.3 Å². The molecular weight excluding hydrogens is 214 g/mol. The quantitative estimate of drug-likeness (QED) is 0.815. The SMILES string of the molecule is OCCOC1CCN(c2nncs2)CC1. The first kappa shape index (κ1) is 10.8. The van der Waals surface area contributed by atoms with Gasteiger partial charge in [0.15, 0.2) is 0 Å². The average Bonchev–Trinajstić information content (AvgIpc) is 2.80. The number of ether oxygens (including phenoxy) is 1. The molecule has 0 amide bonds. The van der Waals surface area contributed by atoms with Crippen molar-refractivity contribution in [3.8, 4) is 0 Å². The Balaban J connectivity index is 1.77. The van der Waals surface area contributed by atoms with Gasteiger partial charge in [-0.1, -0.05) is 11.3 Å². The zero-order valence-electron chi connectivity index (χ0n) is 8.50. The molecule has 1 saturated heterocycles. The lowest BCUT2D eigenvalue weighted by Gasteiger charge is -2.31. The number of aromatic nitrogens is 2. The molecule has 1 aromatic heterocycles. The van der Waals surface area contributed by atoms with Gasteiger partial charge in [0.2, 0.25) is 5.13 Å². The van der Waals surface area contributed by atoms with Gasteiger partial charge in [-0.2, -0.15) is 0 Å². The van der Waals surface area contributed by atoms with E-state index in [-0.39, 0.29) is 6.61 Å². The number of hydrogen-bond donors (Lipinski definition) is 1. The summed E-state index contributed by atoms with van der Waals surface area (Å²) in [6.45, 7) is 2.48. The standard InChI is InChI=1S/C9H15N3O2S/c13-5-6-14-8-1-3-12(4-2-8)9-11-10-7-15-9/h7-8,13H,1-6H2. The monoisotopic (exact) mass is 229 g/mol. The van der Waals surface area contributed by atoms with E-state index in [1.54, 1.807) is 16.8 Å². The summed E-state index contributed by atoms with van der Waals surface area (Å²) in [6, 6.07) is 0. The van der Waals surface area contributed by atoms with Crippen LogP contribution in [0.25, 0.3) is 0 Å². The summed E-state index contributed by atoms with van der Waals surface area (Å²) in [5.41, 5.74) is 1.75. The van der Waals surface area contributed by atoms with Gasteiger partial charge < -0.3 is 14.7 Å². The molecule has 0 aromatic carbocycles. The Morgan fingerprint density at radius 3 is 2.93 bits per heavy atom. The Morgan fingerprint density at radius 2 is 2.33 bits per heavy atom. The Labute approximate surface area is 92.7 Å². The molecule has 0 saturated carbocycles. The van der Waals surface area contributed by atoms with Gasteiger partial charge in [-0.3, -0.25) is 0 Å². The van der Waals surface area contributed by atoms with Crippen molar-refractivity contribution in [2.75, 3.05) is 31.2 Å². The lowest BCUT2D eigenvalue weighted by Crippen LogP contribution is -2.37. The highest BCUT2D eigenvalue weighted by atomic mass is 32.1. The summed E-state index contributed by atoms with van der Waals surface area (Å²) in [4.78, 5) is 2.23. The molecule has 84 valence electrons. The van der Waals surface area contributed by atoms with Gasteiger partial charge in [0.1, 0.15) is 5.51 Å². The van der Waals surface area contributed by atoms with Crippen LogP contribution in [0.1, 0.15) is 12.8 Å². The third-order valence-corrected chi connectivity index (χ3v) is 3.26. The molecule has 0 radical (unpaired) electrons. The molecule has 15 heavy (non-hydrogen) atoms. The number of nitrogens with zero attached hydrogens (tertiary/aromatic N) is 3. The summed E-state index contributed by atoms with van der Waals surface area (Å²) >= 11 is 1.57. The van der Waals surface area contributed by atoms with E-state index < -0.39 is 0 Å². The molecule has 2 rings (SSSR count). The second kappa shape index (κ2) is 5.39. The van der Waals surface area contributed by atoms with Crippen LogP contribution in [0.4, 0.5) is 5.13 Å². The number of rotatable bonds is 4. The molecule has 5 nitrogen and oxygen atoms in total. The smallest absolute Gasteiger partial charge is 0.208 e. The third kappa shape index (κ3) is 2.87. The highest BCUT2D eigenvalue weighted by Gasteiger charge is 2.21. The fourth-order valence-corrected chi connectivity index (χ4v) is 2.35. The van der Waals surface area contributed by atoms with Crippen molar-refractivity contribution in [3.05, 3.63) is 5.51 Å². The van der Waals surface area contributed by atoms with Gasteiger partial charge >= 0.3 is 0 Å². The van der Waals surface area contributed by atoms with E-state index >= 15 is 0 Å². The van der Waals surface area contributed by atoms with Gasteiger partial charge in [0.05, 0.1) is 19.3 Å². The summed E-state index contributed by atoms with van der Waals surface area (Å²) in [6.07, 6.45) is 2.29. The highest BCUT2D eigenvalue weighted by Crippen LogP contribution is 2.21. The molecule has 6 heteroatoms. The Hall–Kier alpha value is -0.720. The van der Waals surface area contributed by atoms with E-state index in [9.17, 15) is 0 Å². The summed E-state index contributed by atoms with van der Waals surface area (Å²) in [7, 11) is 0. The summed E-state index contributed by atoms with van der Waals surface area (Å²) in [5, 5.41) is 17.5. The minimum absolute atomic E-state index is 0.108. The number of hydrogen-bond acceptors (Lipinski definition) is 6. The van der Waals surface area contributed by atoms with Gasteiger partial charge in [0.25, 0.3) is 0 Å². The first-order chi connectivity index (χ1) is 7.40. The maximum absolute atomic E-state index is 8.65. The Morgan fingerprint density at radius 1 is 1.53 bits per heavy atom. The fraction of sp³-hybridized carbons (Fsp3) is 0.778. The molecule has 1 N–H and O–H groups in total. The van der Waals surface area contributed by atoms with Crippen molar-refractivity contribution in [1.29, 1.82) is 0 Å². The van der Waals surface area contributed by atoms with E-state index in [4.69, 9.17) is 9.84 Å². The molecule has 1 aliphatic heterocycles. The van der Waals surface area contributed by atoms with Gasteiger partial charge in [-0.15, -0.1) is 10.2 Å². The van der Waals surface area contributed by atoms with Gasteiger partial charge in [-0.25, -0.2) is 0 Å². The molecule has 0 aliphatic carbocycles. The molecule has 1 aliphatic rings. The van der Waals surface area contributed by atoms with Crippen LogP contribution in [0, 0.1) is 0 Å². The Bertz CT molecular complexity index is 273. The van der Waals surface area contributed by atoms with Crippen LogP contribution in [0.15, 0.2) is 5.51 Å². The number of aliphatic hydroxyl groups excluding tert-OH is 1. The molecular formula is C9H15N3O2S. The van der Waals surface area contributed by atoms with Crippen molar-refractivity contribution >= 4 is 16.5 Å². The minimum atomic E-state index is 0.108. The molecule has 0 bridgehead atoms. The largest absolute Gasteiger partial charge is 0.394 e. The zero-order valence-corrected chi connectivity index (χ0v) is 9.32. The Kier molecular flexibility index (Phi) is 3.87. The first-order valence-electron chi connectivity index (χ1n) is 5.13. The minimum Gasteiger partial charge on any atom is -0.394 e. The highest BCUT2D eigenvalue weighted by molar-refractivity contribution is 7.13. The third-order valence-electron chi connectivity index (χ3n) is 2.51. The topological polar surface area (TPSA) is 58.5 Å². The maximum atomic E-state index is 8.65. The van der Waals surface area contributed by atoms with Crippen LogP contribution < -0.4 is 4.90 Å². The van der Waals surface area contributed by atoms with Crippen LogP contribution in [0.5, 0.6) is 0 Å². The van der Waals surface area contributed by atoms with Crippen LogP contribution in [0.3, 0.4) is 0 Å². The van der Waals surface area contributed by atoms with E-state index in [1.807, 2.05) is 0 Å². The fourth-order valence-electron chi connectivity index (χ4n) is 1.74. The van der Waals surface area contributed by atoms with Crippen molar-refractivity contribution in [2.24, 2.45) is 0 Å². The number of piperidine rings is 1. The van der Waals surface area contributed by atoms with Crippen LogP contribution in [-0.4, -0.2) is 47.7 Å². The second-order valence-corrected chi connectivity index (χ2v) is 4.31. The number of anilines is 1. The van der Waals surface area contributed by atoms with Crippen molar-refractivity contribution in [2.45, 2.75) is 18.9 Å². The van der Waals surface area contributed by atoms with Gasteiger partial charge in [-0.05, 0) is 12.8 Å². The summed E-state index contributed by atoms with van der Waals surface area (Å²) in [5.74, 6) is 0. The lowest BCUT2D eigenvalue weighted by atomic mass is 10.1. The number of aliphatic hydroxyl groups is 1. The van der Waals surface area contributed by atoms with Crippen molar-refractivity contribution in [3.63, 3.8) is 0 Å². The predicted molar refractivity (Wildman–Crippen MR) is 58.2 cm³/mol. The lowest BCUT2D eigenvalue weighted by molar-refractivity contribution is 0.0159. The zero-order chi connectivity index (χ0) is 10.5. The molecule has 1 aromatic rings. The van der Waals surface area contributed by atoms with Crippen LogP contribution in [0.2, 0.25) is 0 Å². The molecule has 0 spiro atoms. The summed E-state index contributed by atoms with van der Waals surface area (Å²) < 4.78 is 5.49.